The number of carbonyl (C=O) groups excluding carboxylic acids is 1. The Kier molecular flexibility index (Phi) is 4.68. The van der Waals surface area contributed by atoms with E-state index in [0.29, 0.717) is 18.0 Å². The molecule has 0 atom stereocenters. The van der Waals surface area contributed by atoms with Crippen molar-refractivity contribution in [2.24, 2.45) is 0 Å². The molecule has 106 valence electrons. The quantitative estimate of drug-likeness (QED) is 0.888. The molecule has 5 nitrogen and oxygen atoms in total. The van der Waals surface area contributed by atoms with Crippen LogP contribution in [0, 0.1) is 0 Å². The third-order valence-corrected chi connectivity index (χ3v) is 3.53. The molecule has 0 saturated carbocycles. The number of hydrogen-bond acceptors (Lipinski definition) is 5. The number of amides is 1. The summed E-state index contributed by atoms with van der Waals surface area (Å²) in [5, 5.41) is 6.67. The number of rotatable bonds is 5. The summed E-state index contributed by atoms with van der Waals surface area (Å²) in [7, 11) is 1.62. The number of aromatic nitrogens is 2. The van der Waals surface area contributed by atoms with Gasteiger partial charge in [0.25, 0.3) is 5.91 Å². The first kappa shape index (κ1) is 14.5. The first-order valence-electron chi connectivity index (χ1n) is 6.48. The monoisotopic (exact) mass is 290 g/mol. The molecule has 6 heteroatoms. The highest BCUT2D eigenvalue weighted by Crippen LogP contribution is 2.18. The van der Waals surface area contributed by atoms with E-state index in [-0.39, 0.29) is 5.91 Å². The second-order valence-corrected chi connectivity index (χ2v) is 5.49. The zero-order valence-corrected chi connectivity index (χ0v) is 12.6. The van der Waals surface area contributed by atoms with Crippen LogP contribution in [0.15, 0.2) is 24.3 Å². The van der Waals surface area contributed by atoms with Crippen LogP contribution in [0.25, 0.3) is 0 Å². The van der Waals surface area contributed by atoms with Crippen molar-refractivity contribution < 1.29 is 4.79 Å². The van der Waals surface area contributed by atoms with E-state index in [9.17, 15) is 4.79 Å². The van der Waals surface area contributed by atoms with Crippen LogP contribution in [-0.2, 0) is 6.54 Å². The van der Waals surface area contributed by atoms with Crippen LogP contribution in [0.3, 0.4) is 0 Å². The molecule has 0 aliphatic carbocycles. The maximum absolute atomic E-state index is 11.4. The molecule has 0 fully saturated rings. The lowest BCUT2D eigenvalue weighted by Gasteiger charge is -2.04. The van der Waals surface area contributed by atoms with Crippen LogP contribution in [0.5, 0.6) is 0 Å². The number of carbonyl (C=O) groups is 1. The van der Waals surface area contributed by atoms with Gasteiger partial charge in [-0.15, -0.1) is 0 Å². The van der Waals surface area contributed by atoms with Gasteiger partial charge in [0.1, 0.15) is 5.82 Å². The Balaban J connectivity index is 1.95. The second kappa shape index (κ2) is 6.47. The van der Waals surface area contributed by atoms with Crippen molar-refractivity contribution in [1.82, 2.24) is 14.7 Å². The van der Waals surface area contributed by atoms with Crippen molar-refractivity contribution in [3.63, 3.8) is 0 Å². The van der Waals surface area contributed by atoms with Crippen molar-refractivity contribution in [2.45, 2.75) is 26.3 Å². The normalized spacial score (nSPS) is 10.6. The molecule has 1 heterocycles. The van der Waals surface area contributed by atoms with Crippen LogP contribution in [0.2, 0.25) is 0 Å². The predicted molar refractivity (Wildman–Crippen MR) is 81.2 cm³/mol. The van der Waals surface area contributed by atoms with Gasteiger partial charge in [0.05, 0.1) is 0 Å². The van der Waals surface area contributed by atoms with E-state index >= 15 is 0 Å². The van der Waals surface area contributed by atoms with Crippen molar-refractivity contribution in [2.75, 3.05) is 12.4 Å². The minimum atomic E-state index is -0.0739. The minimum Gasteiger partial charge on any atom is -0.356 e. The molecule has 20 heavy (non-hydrogen) atoms. The molecule has 0 bridgehead atoms. The molecule has 2 rings (SSSR count). The molecule has 2 N–H and O–H groups in total. The van der Waals surface area contributed by atoms with Crippen molar-refractivity contribution in [1.29, 1.82) is 0 Å². The Morgan fingerprint density at radius 3 is 2.55 bits per heavy atom. The van der Waals surface area contributed by atoms with Crippen LogP contribution >= 0.6 is 11.5 Å². The van der Waals surface area contributed by atoms with Crippen molar-refractivity contribution >= 4 is 22.6 Å². The van der Waals surface area contributed by atoms with Gasteiger partial charge >= 0.3 is 0 Å². The fourth-order valence-electron chi connectivity index (χ4n) is 1.64. The lowest BCUT2D eigenvalue weighted by molar-refractivity contribution is 0.0963. The Morgan fingerprint density at radius 2 is 2.00 bits per heavy atom. The zero-order chi connectivity index (χ0) is 14.5. The summed E-state index contributed by atoms with van der Waals surface area (Å²) in [6, 6.07) is 7.49. The molecule has 0 aliphatic rings. The Bertz CT molecular complexity index is 577. The smallest absolute Gasteiger partial charge is 0.251 e. The summed E-state index contributed by atoms with van der Waals surface area (Å²) in [4.78, 5) is 15.8. The SMILES string of the molecule is CNC(=O)c1ccc(CNc2nc(C(C)C)ns2)cc1. The zero-order valence-electron chi connectivity index (χ0n) is 11.8. The molecule has 1 aromatic carbocycles. The summed E-state index contributed by atoms with van der Waals surface area (Å²) in [5.41, 5.74) is 1.76. The summed E-state index contributed by atoms with van der Waals surface area (Å²) >= 11 is 1.37. The van der Waals surface area contributed by atoms with Gasteiger partial charge in [-0.25, -0.2) is 4.98 Å². The predicted octanol–water partition coefficient (Wildman–Crippen LogP) is 2.63. The van der Waals surface area contributed by atoms with Gasteiger partial charge in [0.15, 0.2) is 0 Å². The molecule has 1 aromatic heterocycles. The topological polar surface area (TPSA) is 66.9 Å². The summed E-state index contributed by atoms with van der Waals surface area (Å²) in [6.07, 6.45) is 0. The van der Waals surface area contributed by atoms with E-state index in [0.717, 1.165) is 16.5 Å². The lowest BCUT2D eigenvalue weighted by Crippen LogP contribution is -2.17. The summed E-state index contributed by atoms with van der Waals surface area (Å²) in [6.45, 7) is 4.81. The largest absolute Gasteiger partial charge is 0.356 e. The molecular formula is C14H18N4OS. The number of hydrogen-bond donors (Lipinski definition) is 2. The van der Waals surface area contributed by atoms with E-state index in [4.69, 9.17) is 0 Å². The third kappa shape index (κ3) is 3.54. The van der Waals surface area contributed by atoms with Gasteiger partial charge in [-0.1, -0.05) is 26.0 Å². The van der Waals surface area contributed by atoms with E-state index in [1.807, 2.05) is 24.3 Å². The molecule has 0 aliphatic heterocycles. The van der Waals surface area contributed by atoms with Gasteiger partial charge in [0.2, 0.25) is 5.13 Å². The standard InChI is InChI=1S/C14H18N4OS/c1-9(2)12-17-14(20-18-12)16-8-10-4-6-11(7-5-10)13(19)15-3/h4-7,9H,8H2,1-3H3,(H,15,19)(H,16,17,18). The van der Waals surface area contributed by atoms with Crippen LogP contribution in [-0.4, -0.2) is 22.3 Å². The molecule has 1 amide bonds. The van der Waals surface area contributed by atoms with E-state index in [2.05, 4.69) is 33.8 Å². The number of nitrogens with one attached hydrogen (secondary N) is 2. The first-order valence-corrected chi connectivity index (χ1v) is 7.26. The van der Waals surface area contributed by atoms with Gasteiger partial charge < -0.3 is 10.6 Å². The molecular weight excluding hydrogens is 272 g/mol. The van der Waals surface area contributed by atoms with E-state index in [1.165, 1.54) is 11.5 Å². The van der Waals surface area contributed by atoms with Gasteiger partial charge in [-0.2, -0.15) is 4.37 Å². The number of anilines is 1. The highest BCUT2D eigenvalue weighted by molar-refractivity contribution is 7.09. The molecule has 0 radical (unpaired) electrons. The number of benzene rings is 1. The average Bonchev–Trinajstić information content (AvgIpc) is 2.94. The van der Waals surface area contributed by atoms with Crippen LogP contribution in [0.1, 0.15) is 41.5 Å². The second-order valence-electron chi connectivity index (χ2n) is 4.74. The lowest BCUT2D eigenvalue weighted by atomic mass is 10.1. The Morgan fingerprint density at radius 1 is 1.30 bits per heavy atom. The highest BCUT2D eigenvalue weighted by atomic mass is 32.1. The maximum atomic E-state index is 11.4. The van der Waals surface area contributed by atoms with E-state index < -0.39 is 0 Å². The van der Waals surface area contributed by atoms with Gasteiger partial charge in [-0.05, 0) is 17.7 Å². The average molecular weight is 290 g/mol. The molecule has 0 spiro atoms. The minimum absolute atomic E-state index is 0.0739. The Hall–Kier alpha value is -1.95. The Labute approximate surface area is 122 Å². The third-order valence-electron chi connectivity index (χ3n) is 2.85. The molecule has 2 aromatic rings. The van der Waals surface area contributed by atoms with Crippen LogP contribution < -0.4 is 10.6 Å². The summed E-state index contributed by atoms with van der Waals surface area (Å²) < 4.78 is 4.29. The molecule has 0 unspecified atom stereocenters. The number of nitrogens with zero attached hydrogens (tertiary/aromatic N) is 2. The van der Waals surface area contributed by atoms with Crippen LogP contribution in [0.4, 0.5) is 5.13 Å². The fraction of sp³-hybridized carbons (Fsp3) is 0.357. The van der Waals surface area contributed by atoms with Crippen molar-refractivity contribution in [3.05, 3.63) is 41.2 Å². The first-order chi connectivity index (χ1) is 9.60. The highest BCUT2D eigenvalue weighted by Gasteiger charge is 2.07. The maximum Gasteiger partial charge on any atom is 0.251 e. The molecule has 0 saturated heterocycles. The van der Waals surface area contributed by atoms with Crippen molar-refractivity contribution in [3.8, 4) is 0 Å². The van der Waals surface area contributed by atoms with E-state index in [1.54, 1.807) is 7.05 Å². The summed E-state index contributed by atoms with van der Waals surface area (Å²) in [5.74, 6) is 1.14. The van der Waals surface area contributed by atoms with Gasteiger partial charge in [-0.3, -0.25) is 4.79 Å². The van der Waals surface area contributed by atoms with Gasteiger partial charge in [0, 0.05) is 36.6 Å². The fourth-order valence-corrected chi connectivity index (χ4v) is 2.34.